The molecule has 3 rings (SSSR count). The summed E-state index contributed by atoms with van der Waals surface area (Å²) in [6.07, 6.45) is 2.97. The van der Waals surface area contributed by atoms with Crippen molar-refractivity contribution >= 4 is 35.6 Å². The average molecular weight is 374 g/mol. The maximum atomic E-state index is 12.6. The second-order valence-corrected chi connectivity index (χ2v) is 6.29. The molecular weight excluding hydrogens is 350 g/mol. The van der Waals surface area contributed by atoms with Gasteiger partial charge in [0.25, 0.3) is 5.91 Å². The van der Waals surface area contributed by atoms with Crippen molar-refractivity contribution in [3.8, 4) is 0 Å². The molecule has 1 aliphatic heterocycles. The number of rotatable bonds is 5. The first-order valence-corrected chi connectivity index (χ1v) is 8.66. The minimum absolute atomic E-state index is 0. The van der Waals surface area contributed by atoms with Crippen LogP contribution < -0.4 is 11.1 Å². The highest BCUT2D eigenvalue weighted by atomic mass is 35.5. The zero-order valence-electron chi connectivity index (χ0n) is 14.6. The van der Waals surface area contributed by atoms with Crippen LogP contribution in [0.2, 0.25) is 0 Å². The van der Waals surface area contributed by atoms with Gasteiger partial charge in [-0.2, -0.15) is 0 Å². The van der Waals surface area contributed by atoms with Crippen LogP contribution in [0.25, 0.3) is 0 Å². The summed E-state index contributed by atoms with van der Waals surface area (Å²) in [6.45, 7) is 1.57. The van der Waals surface area contributed by atoms with Gasteiger partial charge in [0.2, 0.25) is 5.91 Å². The smallest absolute Gasteiger partial charge is 0.255 e. The van der Waals surface area contributed by atoms with Gasteiger partial charge >= 0.3 is 0 Å². The molecule has 2 aromatic rings. The Bertz CT molecular complexity index is 773. The quantitative estimate of drug-likeness (QED) is 0.787. The van der Waals surface area contributed by atoms with E-state index in [9.17, 15) is 9.59 Å². The van der Waals surface area contributed by atoms with Crippen molar-refractivity contribution in [1.82, 2.24) is 4.90 Å². The maximum Gasteiger partial charge on any atom is 0.255 e. The molecule has 26 heavy (non-hydrogen) atoms. The summed E-state index contributed by atoms with van der Waals surface area (Å²) in [5, 5.41) is 2.88. The maximum absolute atomic E-state index is 12.6. The van der Waals surface area contributed by atoms with Gasteiger partial charge in [0.1, 0.15) is 0 Å². The zero-order valence-corrected chi connectivity index (χ0v) is 15.4. The van der Waals surface area contributed by atoms with E-state index in [0.29, 0.717) is 29.8 Å². The molecule has 0 unspecified atom stereocenters. The van der Waals surface area contributed by atoms with E-state index in [1.807, 2.05) is 41.3 Å². The van der Waals surface area contributed by atoms with Crippen LogP contribution in [0.4, 0.5) is 11.4 Å². The van der Waals surface area contributed by atoms with Crippen LogP contribution in [-0.4, -0.2) is 29.8 Å². The Hall–Kier alpha value is -2.53. The monoisotopic (exact) mass is 373 g/mol. The number of halogens is 1. The van der Waals surface area contributed by atoms with Crippen LogP contribution in [0.3, 0.4) is 0 Å². The molecule has 0 atom stereocenters. The van der Waals surface area contributed by atoms with Crippen molar-refractivity contribution in [2.45, 2.75) is 25.7 Å². The number of benzene rings is 2. The fourth-order valence-electron chi connectivity index (χ4n) is 3.09. The number of nitrogens with two attached hydrogens (primary N) is 1. The zero-order chi connectivity index (χ0) is 17.6. The van der Waals surface area contributed by atoms with E-state index < -0.39 is 0 Å². The standard InChI is InChI=1S/C20H23N3O2.ClH/c21-17-9-3-1-7-15(17)11-12-19(24)22-18-10-4-2-8-16(18)20(25)23-13-5-6-14-23;/h1-4,7-10H,5-6,11-14,21H2,(H,22,24);1H. The molecule has 1 fully saturated rings. The van der Waals surface area contributed by atoms with Gasteiger partial charge < -0.3 is 16.0 Å². The molecule has 138 valence electrons. The average Bonchev–Trinajstić information content (AvgIpc) is 3.15. The summed E-state index contributed by atoms with van der Waals surface area (Å²) in [5.41, 5.74) is 8.69. The normalized spacial score (nSPS) is 13.2. The van der Waals surface area contributed by atoms with Crippen molar-refractivity contribution in [1.29, 1.82) is 0 Å². The van der Waals surface area contributed by atoms with E-state index in [1.54, 1.807) is 12.1 Å². The van der Waals surface area contributed by atoms with Gasteiger partial charge in [-0.25, -0.2) is 0 Å². The Morgan fingerprint density at radius 1 is 1.00 bits per heavy atom. The van der Waals surface area contributed by atoms with Crippen molar-refractivity contribution in [2.75, 3.05) is 24.1 Å². The molecule has 2 aromatic carbocycles. The number of nitrogen functional groups attached to an aromatic ring is 1. The lowest BCUT2D eigenvalue weighted by molar-refractivity contribution is -0.116. The summed E-state index contributed by atoms with van der Waals surface area (Å²) in [5.74, 6) is -0.134. The number of amides is 2. The van der Waals surface area contributed by atoms with E-state index in [-0.39, 0.29) is 24.2 Å². The van der Waals surface area contributed by atoms with Gasteiger partial charge in [0.05, 0.1) is 11.3 Å². The Labute approximate surface area is 160 Å². The number of hydrogen-bond acceptors (Lipinski definition) is 3. The van der Waals surface area contributed by atoms with Crippen LogP contribution in [0.1, 0.15) is 35.2 Å². The Balaban J connectivity index is 0.00000243. The molecule has 0 saturated carbocycles. The third-order valence-electron chi connectivity index (χ3n) is 4.50. The van der Waals surface area contributed by atoms with E-state index in [1.165, 1.54) is 0 Å². The Kier molecular flexibility index (Phi) is 7.04. The predicted octanol–water partition coefficient (Wildman–Crippen LogP) is 3.50. The highest BCUT2D eigenvalue weighted by Gasteiger charge is 2.22. The molecule has 6 heteroatoms. The van der Waals surface area contributed by atoms with E-state index in [0.717, 1.165) is 31.5 Å². The van der Waals surface area contributed by atoms with E-state index >= 15 is 0 Å². The summed E-state index contributed by atoms with van der Waals surface area (Å²) < 4.78 is 0. The number of anilines is 2. The van der Waals surface area contributed by atoms with Crippen molar-refractivity contribution < 1.29 is 9.59 Å². The van der Waals surface area contributed by atoms with Crippen molar-refractivity contribution in [2.24, 2.45) is 0 Å². The number of aryl methyl sites for hydroxylation is 1. The summed E-state index contributed by atoms with van der Waals surface area (Å²) in [6, 6.07) is 14.7. The lowest BCUT2D eigenvalue weighted by Crippen LogP contribution is -2.28. The first-order chi connectivity index (χ1) is 12.1. The van der Waals surface area contributed by atoms with Gasteiger partial charge in [-0.15, -0.1) is 12.4 Å². The first-order valence-electron chi connectivity index (χ1n) is 8.66. The third-order valence-corrected chi connectivity index (χ3v) is 4.50. The highest BCUT2D eigenvalue weighted by Crippen LogP contribution is 2.21. The lowest BCUT2D eigenvalue weighted by Gasteiger charge is -2.18. The van der Waals surface area contributed by atoms with E-state index in [2.05, 4.69) is 5.32 Å². The molecule has 0 spiro atoms. The second kappa shape index (κ2) is 9.25. The fraction of sp³-hybridized carbons (Fsp3) is 0.300. The van der Waals surface area contributed by atoms with Gasteiger partial charge in [-0.05, 0) is 43.0 Å². The van der Waals surface area contributed by atoms with Gasteiger partial charge in [-0.3, -0.25) is 9.59 Å². The number of likely N-dealkylation sites (tertiary alicyclic amines) is 1. The van der Waals surface area contributed by atoms with Crippen LogP contribution in [-0.2, 0) is 11.2 Å². The Morgan fingerprint density at radius 3 is 2.38 bits per heavy atom. The van der Waals surface area contributed by atoms with Gasteiger partial charge in [0, 0.05) is 25.2 Å². The fourth-order valence-corrected chi connectivity index (χ4v) is 3.09. The van der Waals surface area contributed by atoms with Crippen molar-refractivity contribution in [3.63, 3.8) is 0 Å². The molecule has 1 heterocycles. The second-order valence-electron chi connectivity index (χ2n) is 6.29. The minimum Gasteiger partial charge on any atom is -0.399 e. The van der Waals surface area contributed by atoms with Crippen LogP contribution >= 0.6 is 12.4 Å². The molecule has 2 amide bonds. The molecular formula is C20H24ClN3O2. The minimum atomic E-state index is -0.120. The predicted molar refractivity (Wildman–Crippen MR) is 107 cm³/mol. The summed E-state index contributed by atoms with van der Waals surface area (Å²) in [7, 11) is 0. The molecule has 0 radical (unpaired) electrons. The molecule has 1 aliphatic rings. The molecule has 0 bridgehead atoms. The highest BCUT2D eigenvalue weighted by molar-refractivity contribution is 6.03. The topological polar surface area (TPSA) is 75.4 Å². The van der Waals surface area contributed by atoms with Crippen LogP contribution in [0, 0.1) is 0 Å². The molecule has 0 aliphatic carbocycles. The summed E-state index contributed by atoms with van der Waals surface area (Å²) >= 11 is 0. The number of carbonyl (C=O) groups excluding carboxylic acids is 2. The molecule has 1 saturated heterocycles. The molecule has 5 nitrogen and oxygen atoms in total. The SMILES string of the molecule is Cl.Nc1ccccc1CCC(=O)Nc1ccccc1C(=O)N1CCCC1. The van der Waals surface area contributed by atoms with Gasteiger partial charge in [-0.1, -0.05) is 30.3 Å². The molecule has 3 N–H and O–H groups in total. The van der Waals surface area contributed by atoms with Crippen LogP contribution in [0.5, 0.6) is 0 Å². The number of hydrogen-bond donors (Lipinski definition) is 2. The number of nitrogens with zero attached hydrogens (tertiary/aromatic N) is 1. The van der Waals surface area contributed by atoms with Crippen molar-refractivity contribution in [3.05, 3.63) is 59.7 Å². The van der Waals surface area contributed by atoms with Crippen LogP contribution in [0.15, 0.2) is 48.5 Å². The third kappa shape index (κ3) is 4.76. The molecule has 0 aromatic heterocycles. The Morgan fingerprint density at radius 2 is 1.65 bits per heavy atom. The largest absolute Gasteiger partial charge is 0.399 e. The number of para-hydroxylation sites is 2. The first kappa shape index (κ1) is 19.8. The van der Waals surface area contributed by atoms with Gasteiger partial charge in [0.15, 0.2) is 0 Å². The van der Waals surface area contributed by atoms with E-state index in [4.69, 9.17) is 5.73 Å². The summed E-state index contributed by atoms with van der Waals surface area (Å²) in [4.78, 5) is 26.8. The lowest BCUT2D eigenvalue weighted by atomic mass is 10.1. The number of carbonyl (C=O) groups is 2. The number of nitrogens with one attached hydrogen (secondary N) is 1.